The van der Waals surface area contributed by atoms with Gasteiger partial charge in [-0.2, -0.15) is 0 Å². The van der Waals surface area contributed by atoms with Crippen LogP contribution in [0.5, 0.6) is 0 Å². The van der Waals surface area contributed by atoms with Crippen molar-refractivity contribution in [3.63, 3.8) is 0 Å². The number of halogens is 1. The number of aromatic nitrogens is 2. The Balaban J connectivity index is 1.76. The van der Waals surface area contributed by atoms with E-state index >= 15 is 0 Å². The Morgan fingerprint density at radius 2 is 2.10 bits per heavy atom. The molecule has 0 saturated heterocycles. The van der Waals surface area contributed by atoms with Crippen molar-refractivity contribution in [2.24, 2.45) is 0 Å². The summed E-state index contributed by atoms with van der Waals surface area (Å²) in [6.07, 6.45) is 3.35. The number of thiophene rings is 1. The molecule has 0 aliphatic heterocycles. The van der Waals surface area contributed by atoms with Crippen LogP contribution in [0.25, 0.3) is 5.69 Å². The number of anilines is 1. The Kier molecular flexibility index (Phi) is 3.98. The minimum absolute atomic E-state index is 0.132. The topological polar surface area (TPSA) is 49.8 Å². The highest BCUT2D eigenvalue weighted by Crippen LogP contribution is 2.28. The van der Waals surface area contributed by atoms with Crippen LogP contribution in [0, 0.1) is 0 Å². The van der Waals surface area contributed by atoms with E-state index < -0.39 is 0 Å². The number of imidazole rings is 1. The first-order valence-corrected chi connectivity index (χ1v) is 8.18. The Morgan fingerprint density at radius 1 is 1.33 bits per heavy atom. The molecule has 2 heterocycles. The highest BCUT2D eigenvalue weighted by atomic mass is 79.9. The molecule has 1 aromatic carbocycles. The zero-order chi connectivity index (χ0) is 14.8. The molecule has 0 aliphatic carbocycles. The molecular formula is C15H14BrN3OS. The van der Waals surface area contributed by atoms with Gasteiger partial charge in [-0.1, -0.05) is 0 Å². The average molecular weight is 364 g/mol. The lowest BCUT2D eigenvalue weighted by Gasteiger charge is -2.14. The summed E-state index contributed by atoms with van der Waals surface area (Å²) >= 11 is 5.19. The largest absolute Gasteiger partial charge is 0.378 e. The van der Waals surface area contributed by atoms with E-state index in [1.807, 2.05) is 24.3 Å². The number of hydrogen-bond donors (Lipinski definition) is 2. The maximum absolute atomic E-state index is 11.6. The van der Waals surface area contributed by atoms with Crippen LogP contribution in [0.2, 0.25) is 0 Å². The molecule has 0 saturated carbocycles. The predicted molar refractivity (Wildman–Crippen MR) is 90.4 cm³/mol. The second-order valence-corrected chi connectivity index (χ2v) is 6.57. The van der Waals surface area contributed by atoms with Crippen molar-refractivity contribution >= 4 is 33.0 Å². The number of benzene rings is 1. The van der Waals surface area contributed by atoms with Gasteiger partial charge in [0.2, 0.25) is 0 Å². The third-order valence-electron chi connectivity index (χ3n) is 3.19. The summed E-state index contributed by atoms with van der Waals surface area (Å²) in [5.41, 5.74) is 1.74. The average Bonchev–Trinajstić information content (AvgIpc) is 3.08. The summed E-state index contributed by atoms with van der Waals surface area (Å²) in [6, 6.07) is 10.2. The number of aromatic amines is 1. The van der Waals surface area contributed by atoms with Gasteiger partial charge in [0.25, 0.3) is 0 Å². The zero-order valence-electron chi connectivity index (χ0n) is 11.3. The van der Waals surface area contributed by atoms with Crippen molar-refractivity contribution in [3.05, 3.63) is 67.9 Å². The molecule has 0 bridgehead atoms. The van der Waals surface area contributed by atoms with E-state index in [9.17, 15) is 4.79 Å². The first-order valence-electron chi connectivity index (χ1n) is 6.50. The van der Waals surface area contributed by atoms with Crippen molar-refractivity contribution in [2.75, 3.05) is 5.32 Å². The second kappa shape index (κ2) is 5.91. The molecule has 21 heavy (non-hydrogen) atoms. The van der Waals surface area contributed by atoms with Crippen molar-refractivity contribution in [1.82, 2.24) is 9.55 Å². The molecule has 0 amide bonds. The van der Waals surface area contributed by atoms with E-state index in [0.29, 0.717) is 0 Å². The fourth-order valence-corrected chi connectivity index (χ4v) is 3.57. The van der Waals surface area contributed by atoms with Gasteiger partial charge in [-0.3, -0.25) is 4.57 Å². The molecule has 2 aromatic heterocycles. The molecule has 6 heteroatoms. The molecule has 0 fully saturated rings. The molecule has 1 atom stereocenters. The van der Waals surface area contributed by atoms with E-state index in [0.717, 1.165) is 15.8 Å². The van der Waals surface area contributed by atoms with Gasteiger partial charge in [0.1, 0.15) is 0 Å². The first-order chi connectivity index (χ1) is 10.1. The van der Waals surface area contributed by atoms with Crippen molar-refractivity contribution in [2.45, 2.75) is 13.0 Å². The van der Waals surface area contributed by atoms with Gasteiger partial charge in [-0.05, 0) is 53.2 Å². The van der Waals surface area contributed by atoms with Crippen LogP contribution in [-0.4, -0.2) is 9.55 Å². The molecule has 1 unspecified atom stereocenters. The first kappa shape index (κ1) is 14.2. The number of nitrogens with one attached hydrogen (secondary N) is 2. The Morgan fingerprint density at radius 3 is 2.67 bits per heavy atom. The van der Waals surface area contributed by atoms with Crippen LogP contribution in [0.3, 0.4) is 0 Å². The number of hydrogen-bond acceptors (Lipinski definition) is 3. The fraction of sp³-hybridized carbons (Fsp3) is 0.133. The van der Waals surface area contributed by atoms with Gasteiger partial charge < -0.3 is 10.3 Å². The minimum Gasteiger partial charge on any atom is -0.378 e. The molecule has 0 radical (unpaired) electrons. The normalized spacial score (nSPS) is 12.3. The highest BCUT2D eigenvalue weighted by Gasteiger charge is 2.08. The molecule has 3 aromatic rings. The second-order valence-electron chi connectivity index (χ2n) is 4.72. The minimum atomic E-state index is -0.132. The SMILES string of the molecule is CC(Nc1ccc(-n2cc[nH]c2=O)cc1)c1cc(Br)cs1. The zero-order valence-corrected chi connectivity index (χ0v) is 13.7. The van der Waals surface area contributed by atoms with Gasteiger partial charge in [-0.15, -0.1) is 11.3 Å². The van der Waals surface area contributed by atoms with Crippen molar-refractivity contribution in [3.8, 4) is 5.69 Å². The lowest BCUT2D eigenvalue weighted by molar-refractivity contribution is 0.906. The quantitative estimate of drug-likeness (QED) is 0.730. The lowest BCUT2D eigenvalue weighted by atomic mass is 10.2. The van der Waals surface area contributed by atoms with Crippen LogP contribution in [0.4, 0.5) is 5.69 Å². The van der Waals surface area contributed by atoms with Crippen molar-refractivity contribution in [1.29, 1.82) is 0 Å². The van der Waals surface area contributed by atoms with Crippen LogP contribution in [-0.2, 0) is 0 Å². The summed E-state index contributed by atoms with van der Waals surface area (Å²) in [7, 11) is 0. The third-order valence-corrected chi connectivity index (χ3v) is 5.07. The number of nitrogens with zero attached hydrogens (tertiary/aromatic N) is 1. The van der Waals surface area contributed by atoms with Crippen LogP contribution in [0.15, 0.2) is 57.4 Å². The summed E-state index contributed by atoms with van der Waals surface area (Å²) in [6.45, 7) is 2.13. The van der Waals surface area contributed by atoms with Gasteiger partial charge in [0, 0.05) is 32.8 Å². The molecule has 4 nitrogen and oxygen atoms in total. The number of H-pyrrole nitrogens is 1. The molecule has 0 aliphatic rings. The monoisotopic (exact) mass is 363 g/mol. The van der Waals surface area contributed by atoms with E-state index in [1.165, 1.54) is 4.88 Å². The Bertz CT molecular complexity index is 788. The van der Waals surface area contributed by atoms with Crippen LogP contribution < -0.4 is 11.0 Å². The molecule has 0 spiro atoms. The van der Waals surface area contributed by atoms with E-state index in [-0.39, 0.29) is 11.7 Å². The van der Waals surface area contributed by atoms with E-state index in [1.54, 1.807) is 28.3 Å². The summed E-state index contributed by atoms with van der Waals surface area (Å²) < 4.78 is 2.68. The Hall–Kier alpha value is -1.79. The van der Waals surface area contributed by atoms with Crippen LogP contribution >= 0.6 is 27.3 Å². The van der Waals surface area contributed by atoms with Crippen molar-refractivity contribution < 1.29 is 0 Å². The standard InChI is InChI=1S/C15H14BrN3OS/c1-10(14-8-11(16)9-21-14)18-12-2-4-13(5-3-12)19-7-6-17-15(19)20/h2-10,18H,1H3,(H,17,20). The molecular weight excluding hydrogens is 350 g/mol. The lowest BCUT2D eigenvalue weighted by Crippen LogP contribution is -2.13. The number of rotatable bonds is 4. The summed E-state index contributed by atoms with van der Waals surface area (Å²) in [5.74, 6) is 0. The summed E-state index contributed by atoms with van der Waals surface area (Å²) in [5, 5.41) is 5.53. The molecule has 2 N–H and O–H groups in total. The van der Waals surface area contributed by atoms with Gasteiger partial charge in [-0.25, -0.2) is 4.79 Å². The molecule has 3 rings (SSSR count). The van der Waals surface area contributed by atoms with Gasteiger partial charge in [0.15, 0.2) is 0 Å². The van der Waals surface area contributed by atoms with E-state index in [4.69, 9.17) is 0 Å². The highest BCUT2D eigenvalue weighted by molar-refractivity contribution is 9.10. The van der Waals surface area contributed by atoms with E-state index in [2.05, 4.69) is 44.6 Å². The Labute approximate surface area is 134 Å². The fourth-order valence-electron chi connectivity index (χ4n) is 2.12. The molecule has 108 valence electrons. The predicted octanol–water partition coefficient (Wildman–Crippen LogP) is 4.16. The maximum atomic E-state index is 11.6. The third kappa shape index (κ3) is 3.11. The smallest absolute Gasteiger partial charge is 0.330 e. The van der Waals surface area contributed by atoms with Crippen LogP contribution in [0.1, 0.15) is 17.8 Å². The maximum Gasteiger partial charge on any atom is 0.330 e. The van der Waals surface area contributed by atoms with Gasteiger partial charge >= 0.3 is 5.69 Å². The van der Waals surface area contributed by atoms with Gasteiger partial charge in [0.05, 0.1) is 11.7 Å². The summed E-state index contributed by atoms with van der Waals surface area (Å²) in [4.78, 5) is 15.5.